The molecule has 2 aromatic rings. The fraction of sp³-hybridized carbons (Fsp3) is 0.167. The van der Waals surface area contributed by atoms with E-state index in [4.69, 9.17) is 0 Å². The summed E-state index contributed by atoms with van der Waals surface area (Å²) in [5, 5.41) is 12.0. The molecule has 1 aromatic heterocycles. The second kappa shape index (κ2) is 3.96. The summed E-state index contributed by atoms with van der Waals surface area (Å²) in [5.41, 5.74) is -1.55. The largest absolute Gasteiger partial charge is 0.380 e. The molecule has 1 heterocycles. The van der Waals surface area contributed by atoms with Gasteiger partial charge in [0, 0.05) is 10.4 Å². The SMILES string of the molecule is CC(O)(c1cccs1)c1cc(F)ccc1F. The van der Waals surface area contributed by atoms with Gasteiger partial charge in [-0.15, -0.1) is 11.3 Å². The van der Waals surface area contributed by atoms with Crippen molar-refractivity contribution in [3.05, 3.63) is 57.8 Å². The van der Waals surface area contributed by atoms with Crippen molar-refractivity contribution in [2.45, 2.75) is 12.5 Å². The van der Waals surface area contributed by atoms with Gasteiger partial charge in [-0.1, -0.05) is 6.07 Å². The van der Waals surface area contributed by atoms with Crippen molar-refractivity contribution in [1.29, 1.82) is 0 Å². The van der Waals surface area contributed by atoms with Crippen molar-refractivity contribution in [1.82, 2.24) is 0 Å². The van der Waals surface area contributed by atoms with E-state index in [9.17, 15) is 13.9 Å². The molecule has 0 aliphatic heterocycles. The maximum absolute atomic E-state index is 13.5. The van der Waals surface area contributed by atoms with E-state index < -0.39 is 17.2 Å². The summed E-state index contributed by atoms with van der Waals surface area (Å²) < 4.78 is 26.6. The number of hydrogen-bond acceptors (Lipinski definition) is 2. The Hall–Kier alpha value is -1.26. The number of benzene rings is 1. The Morgan fingerprint density at radius 3 is 2.62 bits per heavy atom. The van der Waals surface area contributed by atoms with Gasteiger partial charge in [0.1, 0.15) is 17.2 Å². The smallest absolute Gasteiger partial charge is 0.129 e. The standard InChI is InChI=1S/C12H10F2OS/c1-12(15,11-3-2-6-16-11)9-7-8(13)4-5-10(9)14/h2-7,15H,1H3. The van der Waals surface area contributed by atoms with E-state index in [1.165, 1.54) is 18.3 Å². The van der Waals surface area contributed by atoms with Crippen LogP contribution < -0.4 is 0 Å². The van der Waals surface area contributed by atoms with Crippen LogP contribution in [-0.2, 0) is 5.60 Å². The minimum atomic E-state index is -1.50. The highest BCUT2D eigenvalue weighted by Gasteiger charge is 2.30. The highest BCUT2D eigenvalue weighted by atomic mass is 32.1. The molecule has 0 saturated carbocycles. The van der Waals surface area contributed by atoms with Gasteiger partial charge in [0.05, 0.1) is 0 Å². The first kappa shape index (κ1) is 11.2. The summed E-state index contributed by atoms with van der Waals surface area (Å²) >= 11 is 1.30. The Kier molecular flexibility index (Phi) is 2.78. The molecule has 0 radical (unpaired) electrons. The van der Waals surface area contributed by atoms with Crippen LogP contribution in [0.15, 0.2) is 35.7 Å². The molecule has 1 atom stereocenters. The lowest BCUT2D eigenvalue weighted by atomic mass is 9.94. The van der Waals surface area contributed by atoms with E-state index in [0.717, 1.165) is 18.2 Å². The van der Waals surface area contributed by atoms with Crippen molar-refractivity contribution in [3.63, 3.8) is 0 Å². The lowest BCUT2D eigenvalue weighted by Crippen LogP contribution is -2.23. The average molecular weight is 240 g/mol. The van der Waals surface area contributed by atoms with Crippen LogP contribution in [0, 0.1) is 11.6 Å². The van der Waals surface area contributed by atoms with Crippen molar-refractivity contribution < 1.29 is 13.9 Å². The van der Waals surface area contributed by atoms with Crippen LogP contribution in [0.5, 0.6) is 0 Å². The summed E-state index contributed by atoms with van der Waals surface area (Å²) in [5.74, 6) is -1.17. The molecule has 84 valence electrons. The summed E-state index contributed by atoms with van der Waals surface area (Å²) in [6, 6.07) is 6.52. The third kappa shape index (κ3) is 1.86. The van der Waals surface area contributed by atoms with Crippen LogP contribution >= 0.6 is 11.3 Å². The number of thiophene rings is 1. The highest BCUT2D eigenvalue weighted by Crippen LogP contribution is 2.33. The summed E-state index contributed by atoms with van der Waals surface area (Å²) in [6.07, 6.45) is 0. The Bertz CT molecular complexity index is 492. The quantitative estimate of drug-likeness (QED) is 0.854. The molecule has 0 fully saturated rings. The lowest BCUT2D eigenvalue weighted by molar-refractivity contribution is 0.101. The average Bonchev–Trinajstić information content (AvgIpc) is 2.75. The van der Waals surface area contributed by atoms with Crippen molar-refractivity contribution in [3.8, 4) is 0 Å². The van der Waals surface area contributed by atoms with Crippen molar-refractivity contribution in [2.24, 2.45) is 0 Å². The maximum Gasteiger partial charge on any atom is 0.129 e. The maximum atomic E-state index is 13.5. The minimum absolute atomic E-state index is 0.0463. The Morgan fingerprint density at radius 2 is 2.00 bits per heavy atom. The van der Waals surface area contributed by atoms with Gasteiger partial charge in [0.25, 0.3) is 0 Å². The van der Waals surface area contributed by atoms with Crippen molar-refractivity contribution >= 4 is 11.3 Å². The van der Waals surface area contributed by atoms with Crippen LogP contribution in [0.4, 0.5) is 8.78 Å². The van der Waals surface area contributed by atoms with Gasteiger partial charge in [-0.05, 0) is 36.6 Å². The predicted molar refractivity (Wildman–Crippen MR) is 59.3 cm³/mol. The Morgan fingerprint density at radius 1 is 1.25 bits per heavy atom. The van der Waals surface area contributed by atoms with Gasteiger partial charge >= 0.3 is 0 Å². The molecule has 1 unspecified atom stereocenters. The summed E-state index contributed by atoms with van der Waals surface area (Å²) in [7, 11) is 0. The van der Waals surface area contributed by atoms with Gasteiger partial charge in [-0.3, -0.25) is 0 Å². The number of hydrogen-bond donors (Lipinski definition) is 1. The fourth-order valence-electron chi connectivity index (χ4n) is 1.56. The molecule has 16 heavy (non-hydrogen) atoms. The van der Waals surface area contributed by atoms with Crippen LogP contribution in [0.2, 0.25) is 0 Å². The second-order valence-corrected chi connectivity index (χ2v) is 4.62. The van der Waals surface area contributed by atoms with Gasteiger partial charge in [-0.2, -0.15) is 0 Å². The topological polar surface area (TPSA) is 20.2 Å². The first-order valence-corrected chi connectivity index (χ1v) is 5.61. The first-order chi connectivity index (χ1) is 7.51. The van der Waals surface area contributed by atoms with Gasteiger partial charge < -0.3 is 5.11 Å². The lowest BCUT2D eigenvalue weighted by Gasteiger charge is -2.23. The van der Waals surface area contributed by atoms with Crippen LogP contribution in [-0.4, -0.2) is 5.11 Å². The summed E-state index contributed by atoms with van der Waals surface area (Å²) in [6.45, 7) is 1.46. The fourth-order valence-corrected chi connectivity index (χ4v) is 2.36. The molecule has 0 aliphatic carbocycles. The zero-order chi connectivity index (χ0) is 11.8. The monoisotopic (exact) mass is 240 g/mol. The van der Waals surface area contributed by atoms with Crippen molar-refractivity contribution in [2.75, 3.05) is 0 Å². The van der Waals surface area contributed by atoms with Gasteiger partial charge in [0.2, 0.25) is 0 Å². The second-order valence-electron chi connectivity index (χ2n) is 3.67. The van der Waals surface area contributed by atoms with E-state index in [0.29, 0.717) is 4.88 Å². The molecule has 0 spiro atoms. The zero-order valence-electron chi connectivity index (χ0n) is 8.58. The molecular weight excluding hydrogens is 230 g/mol. The Balaban J connectivity index is 2.55. The molecule has 0 saturated heterocycles. The van der Waals surface area contributed by atoms with E-state index in [1.807, 2.05) is 0 Å². The van der Waals surface area contributed by atoms with Gasteiger partial charge in [0.15, 0.2) is 0 Å². The molecule has 1 nitrogen and oxygen atoms in total. The molecule has 0 amide bonds. The molecular formula is C12H10F2OS. The molecule has 2 rings (SSSR count). The molecule has 4 heteroatoms. The third-order valence-electron chi connectivity index (χ3n) is 2.45. The predicted octanol–water partition coefficient (Wildman–Crippen LogP) is 3.28. The van der Waals surface area contributed by atoms with Crippen LogP contribution in [0.25, 0.3) is 0 Å². The van der Waals surface area contributed by atoms with Gasteiger partial charge in [-0.25, -0.2) is 8.78 Å². The zero-order valence-corrected chi connectivity index (χ0v) is 9.39. The van der Waals surface area contributed by atoms with E-state index >= 15 is 0 Å². The number of halogens is 2. The summed E-state index contributed by atoms with van der Waals surface area (Å²) in [4.78, 5) is 0.581. The Labute approximate surface area is 96.0 Å². The third-order valence-corrected chi connectivity index (χ3v) is 3.53. The van der Waals surface area contributed by atoms with E-state index in [-0.39, 0.29) is 5.56 Å². The van der Waals surface area contributed by atoms with Crippen LogP contribution in [0.3, 0.4) is 0 Å². The number of aliphatic hydroxyl groups is 1. The minimum Gasteiger partial charge on any atom is -0.380 e. The molecule has 0 bridgehead atoms. The molecule has 1 aromatic carbocycles. The van der Waals surface area contributed by atoms with Crippen LogP contribution in [0.1, 0.15) is 17.4 Å². The molecule has 0 aliphatic rings. The number of rotatable bonds is 2. The normalized spacial score (nSPS) is 14.8. The first-order valence-electron chi connectivity index (χ1n) is 4.73. The van der Waals surface area contributed by atoms with E-state index in [1.54, 1.807) is 17.5 Å². The highest BCUT2D eigenvalue weighted by molar-refractivity contribution is 7.10. The molecule has 1 N–H and O–H groups in total. The van der Waals surface area contributed by atoms with E-state index in [2.05, 4.69) is 0 Å².